The Labute approximate surface area is 126 Å². The molecule has 5 heteroatoms. The Morgan fingerprint density at radius 3 is 2.24 bits per heavy atom. The van der Waals surface area contributed by atoms with E-state index in [1.54, 1.807) is 7.11 Å². The smallest absolute Gasteiger partial charge is 0.497 e. The molecule has 0 bridgehead atoms. The lowest BCUT2D eigenvalue weighted by atomic mass is 9.78. The predicted molar refractivity (Wildman–Crippen MR) is 82.4 cm³/mol. The lowest BCUT2D eigenvalue weighted by molar-refractivity contribution is 0.00578. The molecule has 4 nitrogen and oxygen atoms in total. The molecule has 0 spiro atoms. The van der Waals surface area contributed by atoms with Crippen molar-refractivity contribution in [2.75, 3.05) is 7.11 Å². The SMILES string of the molecule is COc1ccc(OC2CC2)c(B2OC(C)(C)C(C)(C)O2)c1. The molecule has 114 valence electrons. The Morgan fingerprint density at radius 1 is 1.10 bits per heavy atom. The van der Waals surface area contributed by atoms with E-state index in [0.717, 1.165) is 29.8 Å². The fourth-order valence-corrected chi connectivity index (χ4v) is 2.28. The standard InChI is InChI=1S/C16H23BO4/c1-15(2)16(3,4)21-17(20-15)13-10-12(18-5)8-9-14(13)19-11-6-7-11/h8-11H,6-7H2,1-5H3. The molecule has 21 heavy (non-hydrogen) atoms. The van der Waals surface area contributed by atoms with E-state index in [4.69, 9.17) is 18.8 Å². The van der Waals surface area contributed by atoms with Gasteiger partial charge in [-0.05, 0) is 58.7 Å². The van der Waals surface area contributed by atoms with Crippen LogP contribution in [0.2, 0.25) is 0 Å². The monoisotopic (exact) mass is 290 g/mol. The molecule has 0 amide bonds. The van der Waals surface area contributed by atoms with Crippen molar-refractivity contribution < 1.29 is 18.8 Å². The van der Waals surface area contributed by atoms with Gasteiger partial charge < -0.3 is 18.8 Å². The average Bonchev–Trinajstić information content (AvgIpc) is 3.18. The maximum absolute atomic E-state index is 6.13. The van der Waals surface area contributed by atoms with E-state index in [0.29, 0.717) is 6.10 Å². The number of ether oxygens (including phenoxy) is 2. The summed E-state index contributed by atoms with van der Waals surface area (Å²) in [6.45, 7) is 8.20. The largest absolute Gasteiger partial charge is 0.498 e. The molecule has 1 saturated heterocycles. The van der Waals surface area contributed by atoms with Crippen molar-refractivity contribution in [3.8, 4) is 11.5 Å². The van der Waals surface area contributed by atoms with Crippen molar-refractivity contribution in [3.63, 3.8) is 0 Å². The van der Waals surface area contributed by atoms with Gasteiger partial charge in [0.2, 0.25) is 0 Å². The van der Waals surface area contributed by atoms with Crippen LogP contribution in [-0.4, -0.2) is 31.5 Å². The second-order valence-corrected chi connectivity index (χ2v) is 6.81. The molecule has 3 rings (SSSR count). The first-order valence-corrected chi connectivity index (χ1v) is 7.53. The molecule has 0 radical (unpaired) electrons. The van der Waals surface area contributed by atoms with Crippen LogP contribution >= 0.6 is 0 Å². The Bertz CT molecular complexity index is 521. The summed E-state index contributed by atoms with van der Waals surface area (Å²) >= 11 is 0. The molecule has 0 atom stereocenters. The Morgan fingerprint density at radius 2 is 1.71 bits per heavy atom. The van der Waals surface area contributed by atoms with Crippen LogP contribution in [0.15, 0.2) is 18.2 Å². The third-order valence-electron chi connectivity index (χ3n) is 4.54. The van der Waals surface area contributed by atoms with E-state index in [2.05, 4.69) is 27.7 Å². The fraction of sp³-hybridized carbons (Fsp3) is 0.625. The van der Waals surface area contributed by atoms with E-state index in [-0.39, 0.29) is 11.2 Å². The van der Waals surface area contributed by atoms with E-state index in [1.165, 1.54) is 0 Å². The molecule has 1 aromatic carbocycles. The molecule has 1 aliphatic heterocycles. The van der Waals surface area contributed by atoms with E-state index >= 15 is 0 Å². The maximum Gasteiger partial charge on any atom is 0.498 e. The van der Waals surface area contributed by atoms with Gasteiger partial charge in [-0.3, -0.25) is 0 Å². The summed E-state index contributed by atoms with van der Waals surface area (Å²) in [5.74, 6) is 1.61. The zero-order chi connectivity index (χ0) is 15.3. The van der Waals surface area contributed by atoms with Crippen LogP contribution in [0.5, 0.6) is 11.5 Å². The van der Waals surface area contributed by atoms with Gasteiger partial charge in [-0.15, -0.1) is 0 Å². The van der Waals surface area contributed by atoms with Crippen LogP contribution in [0, 0.1) is 0 Å². The number of rotatable bonds is 4. The average molecular weight is 290 g/mol. The zero-order valence-corrected chi connectivity index (χ0v) is 13.4. The topological polar surface area (TPSA) is 36.9 Å². The van der Waals surface area contributed by atoms with Crippen LogP contribution in [0.25, 0.3) is 0 Å². The van der Waals surface area contributed by atoms with Crippen LogP contribution in [0.3, 0.4) is 0 Å². The highest BCUT2D eigenvalue weighted by atomic mass is 16.7. The van der Waals surface area contributed by atoms with Crippen molar-refractivity contribution in [2.45, 2.75) is 57.8 Å². The predicted octanol–water partition coefficient (Wildman–Crippen LogP) is 2.54. The van der Waals surface area contributed by atoms with Crippen molar-refractivity contribution in [3.05, 3.63) is 18.2 Å². The molecule has 0 N–H and O–H groups in total. The van der Waals surface area contributed by atoms with Crippen molar-refractivity contribution in [1.29, 1.82) is 0 Å². The third-order valence-corrected chi connectivity index (χ3v) is 4.54. The zero-order valence-electron chi connectivity index (χ0n) is 13.4. The molecule has 2 fully saturated rings. The molecular weight excluding hydrogens is 267 g/mol. The molecule has 1 heterocycles. The Kier molecular flexibility index (Phi) is 3.45. The van der Waals surface area contributed by atoms with Crippen LogP contribution in [0.4, 0.5) is 0 Å². The minimum atomic E-state index is -0.432. The lowest BCUT2D eigenvalue weighted by Gasteiger charge is -2.32. The van der Waals surface area contributed by atoms with Gasteiger partial charge in [0.1, 0.15) is 11.5 Å². The molecule has 2 aliphatic rings. The summed E-state index contributed by atoms with van der Waals surface area (Å²) in [5.41, 5.74) is 0.176. The van der Waals surface area contributed by atoms with Crippen LogP contribution in [0.1, 0.15) is 40.5 Å². The Balaban J connectivity index is 1.92. The fourth-order valence-electron chi connectivity index (χ4n) is 2.28. The second kappa shape index (κ2) is 4.92. The molecule has 1 aromatic rings. The first-order valence-electron chi connectivity index (χ1n) is 7.53. The molecule has 1 saturated carbocycles. The molecule has 0 aromatic heterocycles. The molecule has 1 aliphatic carbocycles. The van der Waals surface area contributed by atoms with Crippen molar-refractivity contribution >= 4 is 12.6 Å². The number of hydrogen-bond acceptors (Lipinski definition) is 4. The van der Waals surface area contributed by atoms with Crippen molar-refractivity contribution in [1.82, 2.24) is 0 Å². The van der Waals surface area contributed by atoms with Crippen LogP contribution < -0.4 is 14.9 Å². The van der Waals surface area contributed by atoms with Crippen molar-refractivity contribution in [2.24, 2.45) is 0 Å². The first kappa shape index (κ1) is 14.7. The third kappa shape index (κ3) is 2.77. The quantitative estimate of drug-likeness (QED) is 0.799. The highest BCUT2D eigenvalue weighted by Crippen LogP contribution is 2.38. The summed E-state index contributed by atoms with van der Waals surface area (Å²) in [4.78, 5) is 0. The summed E-state index contributed by atoms with van der Waals surface area (Å²) in [6, 6.07) is 5.80. The first-order chi connectivity index (χ1) is 9.82. The summed E-state index contributed by atoms with van der Waals surface area (Å²) in [6.07, 6.45) is 2.57. The normalized spacial score (nSPS) is 23.2. The minimum Gasteiger partial charge on any atom is -0.497 e. The minimum absolute atomic E-state index is 0.333. The highest BCUT2D eigenvalue weighted by Gasteiger charge is 2.52. The maximum atomic E-state index is 6.13. The second-order valence-electron chi connectivity index (χ2n) is 6.81. The summed E-state index contributed by atoms with van der Waals surface area (Å²) < 4.78 is 23.6. The van der Waals surface area contributed by atoms with Gasteiger partial charge in [0.05, 0.1) is 24.4 Å². The van der Waals surface area contributed by atoms with Gasteiger partial charge in [0.15, 0.2) is 0 Å². The van der Waals surface area contributed by atoms with Gasteiger partial charge in [-0.25, -0.2) is 0 Å². The van der Waals surface area contributed by atoms with Gasteiger partial charge in [0, 0.05) is 5.46 Å². The van der Waals surface area contributed by atoms with Gasteiger partial charge in [-0.2, -0.15) is 0 Å². The lowest BCUT2D eigenvalue weighted by Crippen LogP contribution is -2.41. The summed E-state index contributed by atoms with van der Waals surface area (Å²) in [7, 11) is 1.23. The van der Waals surface area contributed by atoms with E-state index in [1.807, 2.05) is 18.2 Å². The number of methoxy groups -OCH3 is 1. The Hall–Kier alpha value is -1.20. The summed E-state index contributed by atoms with van der Waals surface area (Å²) in [5, 5.41) is 0. The van der Waals surface area contributed by atoms with Gasteiger partial charge >= 0.3 is 7.12 Å². The highest BCUT2D eigenvalue weighted by molar-refractivity contribution is 6.63. The van der Waals surface area contributed by atoms with Gasteiger partial charge in [-0.1, -0.05) is 0 Å². The van der Waals surface area contributed by atoms with Crippen LogP contribution in [-0.2, 0) is 9.31 Å². The molecule has 0 unspecified atom stereocenters. The number of benzene rings is 1. The molecular formula is C16H23BO4. The van der Waals surface area contributed by atoms with E-state index in [9.17, 15) is 0 Å². The number of hydrogen-bond donors (Lipinski definition) is 0. The van der Waals surface area contributed by atoms with E-state index < -0.39 is 7.12 Å². The van der Waals surface area contributed by atoms with Gasteiger partial charge in [0.25, 0.3) is 0 Å².